The van der Waals surface area contributed by atoms with E-state index >= 15 is 0 Å². The van der Waals surface area contributed by atoms with E-state index in [1.807, 2.05) is 11.5 Å². The van der Waals surface area contributed by atoms with Crippen molar-refractivity contribution in [1.82, 2.24) is 10.4 Å². The number of carbonyl (C=O) groups is 1. The zero-order valence-electron chi connectivity index (χ0n) is 10.3. The number of amides is 1. The fourth-order valence-electron chi connectivity index (χ4n) is 1.47. The molecule has 0 atom stereocenters. The van der Waals surface area contributed by atoms with Crippen LogP contribution >= 0.6 is 27.5 Å². The molecule has 2 rings (SSSR count). The van der Waals surface area contributed by atoms with Gasteiger partial charge in [-0.2, -0.15) is 0 Å². The van der Waals surface area contributed by atoms with Crippen LogP contribution in [-0.4, -0.2) is 10.9 Å². The third-order valence-corrected chi connectivity index (χ3v) is 3.28. The number of pyridine rings is 1. The van der Waals surface area contributed by atoms with Gasteiger partial charge < -0.3 is 4.74 Å². The number of nitrogens with zero attached hydrogens (tertiary/aromatic N) is 1. The van der Waals surface area contributed by atoms with E-state index in [4.69, 9.17) is 22.2 Å². The molecule has 0 unspecified atom stereocenters. The summed E-state index contributed by atoms with van der Waals surface area (Å²) in [5.41, 5.74) is 3.10. The van der Waals surface area contributed by atoms with E-state index < -0.39 is 0 Å². The molecule has 0 aliphatic rings. The van der Waals surface area contributed by atoms with Gasteiger partial charge in [-0.25, -0.2) is 5.84 Å². The number of rotatable bonds is 4. The largest absolute Gasteiger partial charge is 0.486 e. The predicted molar refractivity (Wildman–Crippen MR) is 79.4 cm³/mol. The van der Waals surface area contributed by atoms with Crippen molar-refractivity contribution < 1.29 is 9.53 Å². The Bertz CT molecular complexity index is 620. The van der Waals surface area contributed by atoms with Gasteiger partial charge in [-0.3, -0.25) is 15.2 Å². The SMILES string of the molecule is NNC(=O)c1ccc(COc2ccc(Br)cc2Cl)nc1. The lowest BCUT2D eigenvalue weighted by atomic mass is 10.2. The van der Waals surface area contributed by atoms with Crippen molar-refractivity contribution in [3.8, 4) is 5.75 Å². The maximum Gasteiger partial charge on any atom is 0.266 e. The molecule has 0 saturated carbocycles. The minimum Gasteiger partial charge on any atom is -0.486 e. The molecule has 5 nitrogen and oxygen atoms in total. The zero-order chi connectivity index (χ0) is 14.5. The molecule has 1 aromatic carbocycles. The highest BCUT2D eigenvalue weighted by atomic mass is 79.9. The molecule has 7 heteroatoms. The molecule has 0 spiro atoms. The Hall–Kier alpha value is -1.63. The molecule has 1 heterocycles. The first-order valence-electron chi connectivity index (χ1n) is 5.64. The summed E-state index contributed by atoms with van der Waals surface area (Å²) in [6.07, 6.45) is 1.43. The number of hydrogen-bond donors (Lipinski definition) is 2. The summed E-state index contributed by atoms with van der Waals surface area (Å²) in [5.74, 6) is 5.22. The van der Waals surface area contributed by atoms with Crippen molar-refractivity contribution >= 4 is 33.4 Å². The van der Waals surface area contributed by atoms with Gasteiger partial charge in [0.25, 0.3) is 5.91 Å². The summed E-state index contributed by atoms with van der Waals surface area (Å²) >= 11 is 9.36. The van der Waals surface area contributed by atoms with E-state index in [0.29, 0.717) is 22.0 Å². The molecule has 0 aliphatic heterocycles. The van der Waals surface area contributed by atoms with Gasteiger partial charge in [0.15, 0.2) is 0 Å². The zero-order valence-corrected chi connectivity index (χ0v) is 12.6. The smallest absolute Gasteiger partial charge is 0.266 e. The molecular weight excluding hydrogens is 346 g/mol. The average molecular weight is 357 g/mol. The van der Waals surface area contributed by atoms with Crippen LogP contribution in [0, 0.1) is 0 Å². The number of hydrazine groups is 1. The molecule has 0 bridgehead atoms. The Morgan fingerprint density at radius 3 is 2.80 bits per heavy atom. The molecule has 0 radical (unpaired) electrons. The van der Waals surface area contributed by atoms with Crippen LogP contribution in [0.2, 0.25) is 5.02 Å². The highest BCUT2D eigenvalue weighted by Crippen LogP contribution is 2.28. The van der Waals surface area contributed by atoms with E-state index in [1.165, 1.54) is 6.20 Å². The van der Waals surface area contributed by atoms with Crippen LogP contribution in [0.15, 0.2) is 41.0 Å². The number of ether oxygens (including phenoxy) is 1. The number of benzene rings is 1. The standard InChI is InChI=1S/C13H11BrClN3O2/c14-9-2-4-12(11(15)5-9)20-7-10-3-1-8(6-17-10)13(19)18-16/h1-6H,7,16H2,(H,18,19). The topological polar surface area (TPSA) is 77.2 Å². The number of nitrogens with two attached hydrogens (primary N) is 1. The van der Waals surface area contributed by atoms with Crippen molar-refractivity contribution in [2.75, 3.05) is 0 Å². The van der Waals surface area contributed by atoms with Gasteiger partial charge in [-0.1, -0.05) is 27.5 Å². The quantitative estimate of drug-likeness (QED) is 0.501. The van der Waals surface area contributed by atoms with Crippen molar-refractivity contribution in [3.63, 3.8) is 0 Å². The van der Waals surface area contributed by atoms with Crippen LogP contribution in [-0.2, 0) is 6.61 Å². The summed E-state index contributed by atoms with van der Waals surface area (Å²) in [7, 11) is 0. The van der Waals surface area contributed by atoms with E-state index in [0.717, 1.165) is 4.47 Å². The van der Waals surface area contributed by atoms with Gasteiger partial charge in [-0.05, 0) is 30.3 Å². The number of halogens is 2. The number of aromatic nitrogens is 1. The monoisotopic (exact) mass is 355 g/mol. The Morgan fingerprint density at radius 2 is 2.20 bits per heavy atom. The molecular formula is C13H11BrClN3O2. The molecule has 0 fully saturated rings. The summed E-state index contributed by atoms with van der Waals surface area (Å²) < 4.78 is 6.44. The Kier molecular flexibility index (Phi) is 4.94. The van der Waals surface area contributed by atoms with Crippen LogP contribution in [0.25, 0.3) is 0 Å². The second-order valence-electron chi connectivity index (χ2n) is 3.88. The number of carbonyl (C=O) groups excluding carboxylic acids is 1. The van der Waals surface area contributed by atoms with Crippen LogP contribution < -0.4 is 16.0 Å². The van der Waals surface area contributed by atoms with E-state index in [-0.39, 0.29) is 12.5 Å². The fourth-order valence-corrected chi connectivity index (χ4v) is 2.20. The first kappa shape index (κ1) is 14.8. The van der Waals surface area contributed by atoms with Crippen LogP contribution in [0.3, 0.4) is 0 Å². The summed E-state index contributed by atoms with van der Waals surface area (Å²) in [5, 5.41) is 0.513. The van der Waals surface area contributed by atoms with Gasteiger partial charge in [0.05, 0.1) is 16.3 Å². The third kappa shape index (κ3) is 3.69. The van der Waals surface area contributed by atoms with Gasteiger partial charge in [0.1, 0.15) is 12.4 Å². The summed E-state index contributed by atoms with van der Waals surface area (Å²) in [4.78, 5) is 15.4. The normalized spacial score (nSPS) is 10.2. The van der Waals surface area contributed by atoms with Crippen LogP contribution in [0.4, 0.5) is 0 Å². The molecule has 3 N–H and O–H groups in total. The van der Waals surface area contributed by atoms with E-state index in [9.17, 15) is 4.79 Å². The van der Waals surface area contributed by atoms with Gasteiger partial charge in [0.2, 0.25) is 0 Å². The molecule has 1 aromatic heterocycles. The lowest BCUT2D eigenvalue weighted by Crippen LogP contribution is -2.30. The van der Waals surface area contributed by atoms with Gasteiger partial charge in [-0.15, -0.1) is 0 Å². The first-order chi connectivity index (χ1) is 9.60. The highest BCUT2D eigenvalue weighted by molar-refractivity contribution is 9.10. The van der Waals surface area contributed by atoms with Crippen molar-refractivity contribution in [2.45, 2.75) is 6.61 Å². The minimum atomic E-state index is -0.388. The lowest BCUT2D eigenvalue weighted by Gasteiger charge is -2.08. The predicted octanol–water partition coefficient (Wildman–Crippen LogP) is 2.68. The van der Waals surface area contributed by atoms with Crippen molar-refractivity contribution in [1.29, 1.82) is 0 Å². The average Bonchev–Trinajstić information content (AvgIpc) is 2.46. The summed E-state index contributed by atoms with van der Waals surface area (Å²) in [6, 6.07) is 8.67. The highest BCUT2D eigenvalue weighted by Gasteiger charge is 2.06. The van der Waals surface area contributed by atoms with Crippen molar-refractivity contribution in [3.05, 3.63) is 57.3 Å². The van der Waals surface area contributed by atoms with Gasteiger partial charge >= 0.3 is 0 Å². The molecule has 20 heavy (non-hydrogen) atoms. The Balaban J connectivity index is 2.02. The maximum absolute atomic E-state index is 11.3. The molecule has 1 amide bonds. The third-order valence-electron chi connectivity index (χ3n) is 2.49. The number of nitrogens with one attached hydrogen (secondary N) is 1. The van der Waals surface area contributed by atoms with E-state index in [1.54, 1.807) is 24.3 Å². The molecule has 2 aromatic rings. The summed E-state index contributed by atoms with van der Waals surface area (Å²) in [6.45, 7) is 0.256. The molecule has 104 valence electrons. The number of hydrogen-bond acceptors (Lipinski definition) is 4. The van der Waals surface area contributed by atoms with E-state index in [2.05, 4.69) is 20.9 Å². The van der Waals surface area contributed by atoms with Gasteiger partial charge in [0, 0.05) is 10.7 Å². The molecule has 0 saturated heterocycles. The minimum absolute atomic E-state index is 0.256. The Labute approximate surface area is 129 Å². The Morgan fingerprint density at radius 1 is 1.40 bits per heavy atom. The maximum atomic E-state index is 11.3. The second kappa shape index (κ2) is 6.69. The molecule has 0 aliphatic carbocycles. The number of nitrogen functional groups attached to an aromatic ring is 1. The van der Waals surface area contributed by atoms with Crippen LogP contribution in [0.5, 0.6) is 5.75 Å². The fraction of sp³-hybridized carbons (Fsp3) is 0.0769. The lowest BCUT2D eigenvalue weighted by molar-refractivity contribution is 0.0953. The second-order valence-corrected chi connectivity index (χ2v) is 5.20. The first-order valence-corrected chi connectivity index (χ1v) is 6.81. The van der Waals surface area contributed by atoms with Crippen LogP contribution in [0.1, 0.15) is 16.1 Å². The van der Waals surface area contributed by atoms with Crippen molar-refractivity contribution in [2.24, 2.45) is 5.84 Å².